The Kier molecular flexibility index (Phi) is 5.29. The minimum Gasteiger partial charge on any atom is -0.222 e. The van der Waals surface area contributed by atoms with Gasteiger partial charge < -0.3 is 0 Å². The van der Waals surface area contributed by atoms with Crippen LogP contribution in [0.25, 0.3) is 0 Å². The van der Waals surface area contributed by atoms with Gasteiger partial charge >= 0.3 is 0 Å². The van der Waals surface area contributed by atoms with Gasteiger partial charge in [0.15, 0.2) is 9.84 Å². The smallest absolute Gasteiger partial charge is 0.208 e. The SMILES string of the molecule is CS(=O)(=O)NC[C@H](c1ccc(Cl)cc1)S(=O)(=O)c1cccs1. The summed E-state index contributed by atoms with van der Waals surface area (Å²) >= 11 is 6.92. The highest BCUT2D eigenvalue weighted by Gasteiger charge is 2.30. The van der Waals surface area contributed by atoms with E-state index >= 15 is 0 Å². The highest BCUT2D eigenvalue weighted by molar-refractivity contribution is 7.93. The molecule has 0 aliphatic carbocycles. The maximum absolute atomic E-state index is 12.7. The number of hydrogen-bond acceptors (Lipinski definition) is 5. The van der Waals surface area contributed by atoms with E-state index < -0.39 is 25.1 Å². The molecule has 0 saturated heterocycles. The van der Waals surface area contributed by atoms with E-state index in [2.05, 4.69) is 4.72 Å². The molecule has 0 unspecified atom stereocenters. The average Bonchev–Trinajstić information content (AvgIpc) is 2.94. The molecule has 5 nitrogen and oxygen atoms in total. The number of benzene rings is 1. The van der Waals surface area contributed by atoms with Gasteiger partial charge in [-0.1, -0.05) is 29.8 Å². The third-order valence-electron chi connectivity index (χ3n) is 2.92. The number of halogens is 1. The summed E-state index contributed by atoms with van der Waals surface area (Å²) in [4.78, 5) is 0. The number of nitrogens with one attached hydrogen (secondary N) is 1. The Morgan fingerprint density at radius 3 is 2.27 bits per heavy atom. The van der Waals surface area contributed by atoms with Crippen LogP contribution in [-0.4, -0.2) is 29.6 Å². The molecule has 0 saturated carbocycles. The van der Waals surface area contributed by atoms with Crippen molar-refractivity contribution in [1.82, 2.24) is 4.72 Å². The minimum atomic E-state index is -3.70. The van der Waals surface area contributed by atoms with Gasteiger partial charge in [0.05, 0.1) is 6.26 Å². The molecule has 1 aromatic carbocycles. The quantitative estimate of drug-likeness (QED) is 0.836. The zero-order valence-electron chi connectivity index (χ0n) is 11.6. The minimum absolute atomic E-state index is 0.197. The summed E-state index contributed by atoms with van der Waals surface area (Å²) in [5, 5.41) is 1.13. The molecule has 0 bridgehead atoms. The molecule has 1 N–H and O–H groups in total. The summed E-state index contributed by atoms with van der Waals surface area (Å²) in [5.41, 5.74) is 0.481. The molecular weight excluding hydrogens is 366 g/mol. The molecule has 9 heteroatoms. The van der Waals surface area contributed by atoms with E-state index in [4.69, 9.17) is 11.6 Å². The normalized spacial score (nSPS) is 13.9. The first-order valence-corrected chi connectivity index (χ1v) is 10.9. The molecule has 0 spiro atoms. The summed E-state index contributed by atoms with van der Waals surface area (Å²) in [7, 11) is -7.20. The van der Waals surface area contributed by atoms with Gasteiger partial charge in [-0.15, -0.1) is 11.3 Å². The molecular formula is C13H14ClNO4S3. The van der Waals surface area contributed by atoms with Crippen LogP contribution in [0.15, 0.2) is 46.0 Å². The predicted molar refractivity (Wildman–Crippen MR) is 88.5 cm³/mol. The summed E-state index contributed by atoms with van der Waals surface area (Å²) in [6, 6.07) is 9.47. The van der Waals surface area contributed by atoms with E-state index in [9.17, 15) is 16.8 Å². The van der Waals surface area contributed by atoms with Gasteiger partial charge in [-0.25, -0.2) is 21.6 Å². The Balaban J connectivity index is 2.43. The van der Waals surface area contributed by atoms with Gasteiger partial charge in [0.1, 0.15) is 9.46 Å². The van der Waals surface area contributed by atoms with Gasteiger partial charge in [-0.2, -0.15) is 0 Å². The standard InChI is InChI=1S/C13H14ClNO4S3/c1-21(16,17)15-9-12(10-4-6-11(14)7-5-10)22(18,19)13-3-2-8-20-13/h2-8,12,15H,9H2,1H3/t12-/m1/s1. The number of thiophene rings is 1. The van der Waals surface area contributed by atoms with Crippen LogP contribution in [-0.2, 0) is 19.9 Å². The Hall–Kier alpha value is -0.930. The summed E-state index contributed by atoms with van der Waals surface area (Å²) in [6.07, 6.45) is 0.990. The van der Waals surface area contributed by atoms with Gasteiger partial charge in [-0.05, 0) is 29.1 Å². The number of sulfone groups is 1. The third-order valence-corrected chi connectivity index (χ3v) is 7.40. The molecule has 0 aliphatic rings. The maximum atomic E-state index is 12.7. The Morgan fingerprint density at radius 2 is 1.77 bits per heavy atom. The zero-order valence-corrected chi connectivity index (χ0v) is 14.8. The van der Waals surface area contributed by atoms with E-state index in [1.807, 2.05) is 0 Å². The average molecular weight is 380 g/mol. The van der Waals surface area contributed by atoms with Gasteiger partial charge in [0.25, 0.3) is 0 Å². The van der Waals surface area contributed by atoms with Crippen molar-refractivity contribution in [3.05, 3.63) is 52.4 Å². The summed E-state index contributed by atoms with van der Waals surface area (Å²) in [6.45, 7) is -0.235. The van der Waals surface area contributed by atoms with E-state index in [1.54, 1.807) is 35.7 Å². The second-order valence-electron chi connectivity index (χ2n) is 4.64. The van der Waals surface area contributed by atoms with Crippen molar-refractivity contribution in [2.24, 2.45) is 0 Å². The molecule has 0 amide bonds. The maximum Gasteiger partial charge on any atom is 0.208 e. The Labute approximate surface area is 138 Å². The molecule has 0 fully saturated rings. The van der Waals surface area contributed by atoms with Crippen LogP contribution in [0.4, 0.5) is 0 Å². The van der Waals surface area contributed by atoms with E-state index in [-0.39, 0.29) is 10.8 Å². The molecule has 22 heavy (non-hydrogen) atoms. The zero-order chi connectivity index (χ0) is 16.4. The van der Waals surface area contributed by atoms with Crippen LogP contribution >= 0.6 is 22.9 Å². The second kappa shape index (κ2) is 6.67. The monoisotopic (exact) mass is 379 g/mol. The highest BCUT2D eigenvalue weighted by atomic mass is 35.5. The lowest BCUT2D eigenvalue weighted by Crippen LogP contribution is -2.31. The molecule has 1 aromatic heterocycles. The molecule has 2 rings (SSSR count). The van der Waals surface area contributed by atoms with Crippen LogP contribution in [0.5, 0.6) is 0 Å². The van der Waals surface area contributed by atoms with Crippen molar-refractivity contribution >= 4 is 42.8 Å². The Morgan fingerprint density at radius 1 is 1.14 bits per heavy atom. The van der Waals surface area contributed by atoms with Crippen LogP contribution < -0.4 is 4.72 Å². The fourth-order valence-corrected chi connectivity index (χ4v) is 5.44. The first kappa shape index (κ1) is 17.4. The summed E-state index contributed by atoms with van der Waals surface area (Å²) in [5.74, 6) is 0. The second-order valence-corrected chi connectivity index (χ2v) is 10.2. The molecule has 120 valence electrons. The first-order valence-electron chi connectivity index (χ1n) is 6.17. The fraction of sp³-hybridized carbons (Fsp3) is 0.231. The van der Waals surface area contributed by atoms with Gasteiger partial charge in [-0.3, -0.25) is 0 Å². The van der Waals surface area contributed by atoms with Crippen molar-refractivity contribution in [2.45, 2.75) is 9.46 Å². The largest absolute Gasteiger partial charge is 0.222 e. The predicted octanol–water partition coefficient (Wildman–Crippen LogP) is 2.47. The molecule has 2 aromatic rings. The Bertz CT molecular complexity index is 828. The van der Waals surface area contributed by atoms with Gasteiger partial charge in [0, 0.05) is 11.6 Å². The van der Waals surface area contributed by atoms with Crippen molar-refractivity contribution < 1.29 is 16.8 Å². The molecule has 1 atom stereocenters. The lowest BCUT2D eigenvalue weighted by Gasteiger charge is -2.17. The third kappa shape index (κ3) is 4.30. The van der Waals surface area contributed by atoms with E-state index in [1.165, 1.54) is 6.07 Å². The molecule has 0 aliphatic heterocycles. The topological polar surface area (TPSA) is 80.3 Å². The number of hydrogen-bond donors (Lipinski definition) is 1. The number of rotatable bonds is 6. The van der Waals surface area contributed by atoms with Crippen molar-refractivity contribution in [3.8, 4) is 0 Å². The lowest BCUT2D eigenvalue weighted by atomic mass is 10.1. The van der Waals surface area contributed by atoms with Crippen molar-refractivity contribution in [2.75, 3.05) is 12.8 Å². The first-order chi connectivity index (χ1) is 10.2. The van der Waals surface area contributed by atoms with Crippen LogP contribution in [0.1, 0.15) is 10.8 Å². The number of sulfonamides is 1. The van der Waals surface area contributed by atoms with Crippen LogP contribution in [0.3, 0.4) is 0 Å². The van der Waals surface area contributed by atoms with Crippen molar-refractivity contribution in [3.63, 3.8) is 0 Å². The van der Waals surface area contributed by atoms with E-state index in [0.29, 0.717) is 10.6 Å². The lowest BCUT2D eigenvalue weighted by molar-refractivity contribution is 0.573. The molecule has 0 radical (unpaired) electrons. The highest BCUT2D eigenvalue weighted by Crippen LogP contribution is 2.31. The molecule has 1 heterocycles. The fourth-order valence-electron chi connectivity index (χ4n) is 1.88. The summed E-state index contributed by atoms with van der Waals surface area (Å²) < 4.78 is 50.6. The van der Waals surface area contributed by atoms with Crippen LogP contribution in [0, 0.1) is 0 Å². The van der Waals surface area contributed by atoms with E-state index in [0.717, 1.165) is 17.6 Å². The van der Waals surface area contributed by atoms with Crippen LogP contribution in [0.2, 0.25) is 5.02 Å². The van der Waals surface area contributed by atoms with Gasteiger partial charge in [0.2, 0.25) is 10.0 Å². The van der Waals surface area contributed by atoms with Crippen molar-refractivity contribution in [1.29, 1.82) is 0 Å².